The molecule has 0 aliphatic heterocycles. The Morgan fingerprint density at radius 2 is 1.03 bits per heavy atom. The monoisotopic (exact) mass is 818 g/mol. The van der Waals surface area contributed by atoms with Crippen molar-refractivity contribution in [2.45, 2.75) is 18.3 Å². The Hall–Kier alpha value is -7.94. The Balaban J connectivity index is 1.01. The zero-order valence-corrected chi connectivity index (χ0v) is 35.7. The minimum absolute atomic E-state index is 0.292. The summed E-state index contributed by atoms with van der Waals surface area (Å²) >= 11 is 0. The van der Waals surface area contributed by atoms with E-state index in [1.165, 1.54) is 83.3 Å². The van der Waals surface area contributed by atoms with Crippen LogP contribution in [-0.4, -0.2) is 4.57 Å². The third-order valence-corrected chi connectivity index (χ3v) is 13.8. The average molecular weight is 819 g/mol. The molecule has 10 aromatic rings. The van der Waals surface area contributed by atoms with Crippen molar-refractivity contribution in [1.29, 1.82) is 0 Å². The van der Waals surface area contributed by atoms with Crippen LogP contribution in [0, 0.1) is 5.92 Å². The van der Waals surface area contributed by atoms with Crippen LogP contribution in [0.1, 0.15) is 40.7 Å². The lowest BCUT2D eigenvalue weighted by Crippen LogP contribution is -2.29. The summed E-state index contributed by atoms with van der Waals surface area (Å²) in [5.74, 6) is 0.593. The second-order valence-corrected chi connectivity index (χ2v) is 17.3. The summed E-state index contributed by atoms with van der Waals surface area (Å²) in [6.07, 6.45) is 7.20. The molecule has 0 amide bonds. The summed E-state index contributed by atoms with van der Waals surface area (Å²) in [6.45, 7) is 2.35. The van der Waals surface area contributed by atoms with E-state index in [9.17, 15) is 0 Å². The van der Waals surface area contributed by atoms with Gasteiger partial charge in [0.1, 0.15) is 0 Å². The Labute approximate surface area is 375 Å². The van der Waals surface area contributed by atoms with E-state index >= 15 is 0 Å². The standard InChI is InChI=1S/C62H46N2/c1-43-40-51(35-37-53(43)45-18-6-2-7-19-45)63(50-33-30-44(31-34-50)46-32-39-61-57(41-46)56-27-15-17-29-60(56)64(61)49-24-12-5-13-25-49)52-36-38-55-54-26-14-16-28-58(54)62(59(55)42-52,47-20-8-3-9-21-47)48-22-10-4-11-23-48/h2-43,53H,1H3. The van der Waals surface area contributed by atoms with Crippen LogP contribution >= 0.6 is 0 Å². The van der Waals surface area contributed by atoms with Crippen LogP contribution in [0.5, 0.6) is 0 Å². The first-order valence-corrected chi connectivity index (χ1v) is 22.5. The molecule has 0 saturated heterocycles. The van der Waals surface area contributed by atoms with Crippen LogP contribution in [0.3, 0.4) is 0 Å². The fourth-order valence-electron chi connectivity index (χ4n) is 10.9. The maximum absolute atomic E-state index is 2.47. The van der Waals surface area contributed by atoms with Gasteiger partial charge in [0.05, 0.1) is 16.4 Å². The number of anilines is 2. The maximum atomic E-state index is 2.47. The Bertz CT molecular complexity index is 3340. The Morgan fingerprint density at radius 1 is 0.453 bits per heavy atom. The number of aromatic nitrogens is 1. The molecule has 1 aromatic heterocycles. The zero-order valence-electron chi connectivity index (χ0n) is 35.7. The van der Waals surface area contributed by atoms with Crippen LogP contribution in [-0.2, 0) is 5.41 Å². The first kappa shape index (κ1) is 37.8. The van der Waals surface area contributed by atoms with Crippen LogP contribution in [0.25, 0.3) is 49.7 Å². The normalized spacial score (nSPS) is 16.0. The van der Waals surface area contributed by atoms with E-state index in [1.807, 2.05) is 0 Å². The highest BCUT2D eigenvalue weighted by Gasteiger charge is 2.46. The minimum atomic E-state index is -0.495. The SMILES string of the molecule is CC1C=C(N(c2ccc(-c3ccc4c(c3)c3ccccc3n4-c3ccccc3)cc2)c2ccc3c(c2)C(c2ccccc2)(c2ccccc2)c2ccccc2-3)C=CC1c1ccccc1. The van der Waals surface area contributed by atoms with Crippen molar-refractivity contribution in [3.8, 4) is 27.9 Å². The summed E-state index contributed by atoms with van der Waals surface area (Å²) in [5.41, 5.74) is 17.9. The molecule has 304 valence electrons. The van der Waals surface area contributed by atoms with Gasteiger partial charge in [-0.15, -0.1) is 0 Å². The highest BCUT2D eigenvalue weighted by Crippen LogP contribution is 2.57. The van der Waals surface area contributed by atoms with E-state index in [0.29, 0.717) is 11.8 Å². The molecular weight excluding hydrogens is 773 g/mol. The molecule has 2 aliphatic carbocycles. The number of allylic oxidation sites excluding steroid dienone is 3. The third-order valence-electron chi connectivity index (χ3n) is 13.8. The molecule has 2 heteroatoms. The van der Waals surface area contributed by atoms with Gasteiger partial charge in [0.25, 0.3) is 0 Å². The summed E-state index contributed by atoms with van der Waals surface area (Å²) in [5, 5.41) is 2.51. The molecule has 64 heavy (non-hydrogen) atoms. The molecule has 1 heterocycles. The van der Waals surface area contributed by atoms with Crippen molar-refractivity contribution in [2.75, 3.05) is 4.90 Å². The fraction of sp³-hybridized carbons (Fsp3) is 0.0645. The second kappa shape index (κ2) is 15.4. The summed E-state index contributed by atoms with van der Waals surface area (Å²) in [4.78, 5) is 2.47. The van der Waals surface area contributed by atoms with Crippen molar-refractivity contribution in [3.63, 3.8) is 0 Å². The molecule has 0 fully saturated rings. The molecular formula is C62H46N2. The van der Waals surface area contributed by atoms with Crippen molar-refractivity contribution < 1.29 is 0 Å². The fourth-order valence-corrected chi connectivity index (χ4v) is 10.9. The van der Waals surface area contributed by atoms with E-state index in [4.69, 9.17) is 0 Å². The average Bonchev–Trinajstić information content (AvgIpc) is 3.85. The molecule has 0 saturated carbocycles. The highest BCUT2D eigenvalue weighted by atomic mass is 15.1. The molecule has 0 N–H and O–H groups in total. The number of benzene rings is 9. The van der Waals surface area contributed by atoms with Crippen LogP contribution < -0.4 is 4.90 Å². The lowest BCUT2D eigenvalue weighted by atomic mass is 9.67. The van der Waals surface area contributed by atoms with E-state index in [0.717, 1.165) is 11.4 Å². The molecule has 2 aliphatic rings. The van der Waals surface area contributed by atoms with Crippen LogP contribution in [0.4, 0.5) is 11.4 Å². The van der Waals surface area contributed by atoms with Gasteiger partial charge in [0, 0.05) is 39.4 Å². The first-order valence-electron chi connectivity index (χ1n) is 22.5. The quantitative estimate of drug-likeness (QED) is 0.148. The van der Waals surface area contributed by atoms with Gasteiger partial charge in [-0.25, -0.2) is 0 Å². The molecule has 12 rings (SSSR count). The third kappa shape index (κ3) is 6.02. The lowest BCUT2D eigenvalue weighted by molar-refractivity contribution is 0.628. The molecule has 0 spiro atoms. The first-order chi connectivity index (χ1) is 31.7. The number of rotatable bonds is 8. The number of fused-ring (bicyclic) bond motifs is 6. The van der Waals surface area contributed by atoms with E-state index < -0.39 is 5.41 Å². The van der Waals surface area contributed by atoms with E-state index in [-0.39, 0.29) is 0 Å². The molecule has 2 nitrogen and oxygen atoms in total. The summed E-state index contributed by atoms with van der Waals surface area (Å²) < 4.78 is 2.38. The topological polar surface area (TPSA) is 8.17 Å². The maximum Gasteiger partial charge on any atom is 0.0714 e. The van der Waals surface area contributed by atoms with Gasteiger partial charge in [-0.3, -0.25) is 0 Å². The number of nitrogens with zero attached hydrogens (tertiary/aromatic N) is 2. The highest BCUT2D eigenvalue weighted by molar-refractivity contribution is 6.10. The van der Waals surface area contributed by atoms with Gasteiger partial charge in [-0.1, -0.05) is 195 Å². The van der Waals surface area contributed by atoms with Gasteiger partial charge in [-0.05, 0) is 117 Å². The van der Waals surface area contributed by atoms with E-state index in [2.05, 4.69) is 265 Å². The predicted octanol–water partition coefficient (Wildman–Crippen LogP) is 15.8. The van der Waals surface area contributed by atoms with Gasteiger partial charge in [-0.2, -0.15) is 0 Å². The van der Waals surface area contributed by atoms with Crippen molar-refractivity contribution in [2.24, 2.45) is 5.92 Å². The van der Waals surface area contributed by atoms with Crippen molar-refractivity contribution >= 4 is 33.2 Å². The second-order valence-electron chi connectivity index (χ2n) is 17.3. The van der Waals surface area contributed by atoms with Crippen molar-refractivity contribution in [1.82, 2.24) is 4.57 Å². The number of hydrogen-bond donors (Lipinski definition) is 0. The lowest BCUT2D eigenvalue weighted by Gasteiger charge is -2.35. The van der Waals surface area contributed by atoms with Gasteiger partial charge >= 0.3 is 0 Å². The largest absolute Gasteiger partial charge is 0.311 e. The number of hydrogen-bond acceptors (Lipinski definition) is 1. The Kier molecular flexibility index (Phi) is 9.12. The minimum Gasteiger partial charge on any atom is -0.311 e. The van der Waals surface area contributed by atoms with E-state index in [1.54, 1.807) is 0 Å². The smallest absolute Gasteiger partial charge is 0.0714 e. The molecule has 9 aromatic carbocycles. The predicted molar refractivity (Wildman–Crippen MR) is 268 cm³/mol. The van der Waals surface area contributed by atoms with Crippen LogP contribution in [0.15, 0.2) is 254 Å². The molecule has 0 radical (unpaired) electrons. The number of para-hydroxylation sites is 2. The summed E-state index contributed by atoms with van der Waals surface area (Å²) in [7, 11) is 0. The van der Waals surface area contributed by atoms with Crippen LogP contribution in [0.2, 0.25) is 0 Å². The molecule has 2 atom stereocenters. The summed E-state index contributed by atoms with van der Waals surface area (Å²) in [6, 6.07) is 84.8. The zero-order chi connectivity index (χ0) is 42.6. The Morgan fingerprint density at radius 3 is 1.75 bits per heavy atom. The van der Waals surface area contributed by atoms with Crippen molar-refractivity contribution in [3.05, 3.63) is 282 Å². The molecule has 0 bridgehead atoms. The van der Waals surface area contributed by atoms with Gasteiger partial charge < -0.3 is 9.47 Å². The van der Waals surface area contributed by atoms with Gasteiger partial charge in [0.2, 0.25) is 0 Å². The van der Waals surface area contributed by atoms with Gasteiger partial charge in [0.15, 0.2) is 0 Å². The molecule has 2 unspecified atom stereocenters.